The van der Waals surface area contributed by atoms with Gasteiger partial charge in [0, 0.05) is 44.5 Å². The largest absolute Gasteiger partial charge is 0.502 e. The second kappa shape index (κ2) is 8.23. The lowest BCUT2D eigenvalue weighted by molar-refractivity contribution is -0.121. The van der Waals surface area contributed by atoms with E-state index in [4.69, 9.17) is 0 Å². The molecule has 1 saturated heterocycles. The molecule has 2 heterocycles. The standard InChI is InChI=1S/C23H24N4O4/c1-15(28)24-17-5-3-16(4-6-17)20-21(29)23(31)27(22(20)30)19-9-7-18(8-10-19)26-13-11-25(2)12-14-26/h3-10,29H,11-14H2,1-2H3,(H,24,28). The molecule has 0 radical (unpaired) electrons. The van der Waals surface area contributed by atoms with Crippen LogP contribution in [0.2, 0.25) is 0 Å². The molecule has 0 saturated carbocycles. The Morgan fingerprint density at radius 2 is 1.45 bits per heavy atom. The van der Waals surface area contributed by atoms with Gasteiger partial charge in [-0.05, 0) is 49.0 Å². The summed E-state index contributed by atoms with van der Waals surface area (Å²) in [5.74, 6) is -2.13. The predicted octanol–water partition coefficient (Wildman–Crippen LogP) is 2.24. The zero-order valence-electron chi connectivity index (χ0n) is 17.5. The number of carbonyl (C=O) groups is 3. The van der Waals surface area contributed by atoms with E-state index in [1.807, 2.05) is 12.1 Å². The van der Waals surface area contributed by atoms with Crippen LogP contribution in [0.5, 0.6) is 0 Å². The number of imide groups is 1. The van der Waals surface area contributed by atoms with E-state index >= 15 is 0 Å². The third-order valence-electron chi connectivity index (χ3n) is 5.53. The minimum Gasteiger partial charge on any atom is -0.502 e. The van der Waals surface area contributed by atoms with Crippen molar-refractivity contribution >= 4 is 40.4 Å². The van der Waals surface area contributed by atoms with Crippen LogP contribution >= 0.6 is 0 Å². The van der Waals surface area contributed by atoms with Gasteiger partial charge in [0.2, 0.25) is 5.91 Å². The molecule has 2 aliphatic heterocycles. The average Bonchev–Trinajstić information content (AvgIpc) is 2.97. The molecule has 2 aromatic rings. The van der Waals surface area contributed by atoms with Gasteiger partial charge in [0.15, 0.2) is 5.76 Å². The summed E-state index contributed by atoms with van der Waals surface area (Å²) in [7, 11) is 2.09. The third kappa shape index (κ3) is 4.02. The average molecular weight is 420 g/mol. The quantitative estimate of drug-likeness (QED) is 0.737. The Morgan fingerprint density at radius 1 is 0.871 bits per heavy atom. The fraction of sp³-hybridized carbons (Fsp3) is 0.261. The smallest absolute Gasteiger partial charge is 0.301 e. The van der Waals surface area contributed by atoms with Crippen LogP contribution in [0.15, 0.2) is 54.3 Å². The molecule has 2 N–H and O–H groups in total. The number of nitrogens with zero attached hydrogens (tertiary/aromatic N) is 3. The number of likely N-dealkylation sites (N-methyl/N-ethyl adjacent to an activating group) is 1. The molecular formula is C23H24N4O4. The van der Waals surface area contributed by atoms with Crippen LogP contribution in [0.25, 0.3) is 5.57 Å². The number of piperazine rings is 1. The van der Waals surface area contributed by atoms with Crippen molar-refractivity contribution in [3.8, 4) is 0 Å². The Morgan fingerprint density at radius 3 is 2.03 bits per heavy atom. The van der Waals surface area contributed by atoms with Crippen LogP contribution in [-0.4, -0.2) is 61.0 Å². The molecule has 0 aromatic heterocycles. The predicted molar refractivity (Wildman–Crippen MR) is 119 cm³/mol. The summed E-state index contributed by atoms with van der Waals surface area (Å²) in [5.41, 5.74) is 2.35. The van der Waals surface area contributed by atoms with E-state index in [1.165, 1.54) is 6.92 Å². The number of rotatable bonds is 4. The summed E-state index contributed by atoms with van der Waals surface area (Å²) in [6, 6.07) is 13.6. The molecule has 0 atom stereocenters. The monoisotopic (exact) mass is 420 g/mol. The summed E-state index contributed by atoms with van der Waals surface area (Å²) in [6.07, 6.45) is 0. The van der Waals surface area contributed by atoms with Gasteiger partial charge in [0.05, 0.1) is 11.3 Å². The van der Waals surface area contributed by atoms with Crippen LogP contribution in [0, 0.1) is 0 Å². The maximum absolute atomic E-state index is 13.0. The number of benzene rings is 2. The van der Waals surface area contributed by atoms with E-state index in [9.17, 15) is 19.5 Å². The fourth-order valence-electron chi connectivity index (χ4n) is 3.81. The number of amides is 3. The summed E-state index contributed by atoms with van der Waals surface area (Å²) in [4.78, 5) is 42.4. The van der Waals surface area contributed by atoms with Crippen LogP contribution in [0.3, 0.4) is 0 Å². The summed E-state index contributed by atoms with van der Waals surface area (Å²) >= 11 is 0. The van der Waals surface area contributed by atoms with E-state index in [2.05, 4.69) is 22.2 Å². The highest BCUT2D eigenvalue weighted by atomic mass is 16.3. The van der Waals surface area contributed by atoms with Gasteiger partial charge in [0.1, 0.15) is 0 Å². The number of aliphatic hydroxyl groups is 1. The van der Waals surface area contributed by atoms with E-state index in [-0.39, 0.29) is 11.5 Å². The molecular weight excluding hydrogens is 396 g/mol. The Balaban J connectivity index is 1.54. The maximum atomic E-state index is 13.0. The number of nitrogens with one attached hydrogen (secondary N) is 1. The van der Waals surface area contributed by atoms with Crippen molar-refractivity contribution in [2.45, 2.75) is 6.92 Å². The Hall–Kier alpha value is -3.65. The van der Waals surface area contributed by atoms with E-state index in [0.717, 1.165) is 36.8 Å². The second-order valence-corrected chi connectivity index (χ2v) is 7.73. The van der Waals surface area contributed by atoms with E-state index in [0.29, 0.717) is 16.9 Å². The molecule has 8 nitrogen and oxygen atoms in total. The highest BCUT2D eigenvalue weighted by molar-refractivity contribution is 6.44. The first-order valence-electron chi connectivity index (χ1n) is 10.1. The summed E-state index contributed by atoms with van der Waals surface area (Å²) in [5, 5.41) is 13.0. The summed E-state index contributed by atoms with van der Waals surface area (Å²) < 4.78 is 0. The molecule has 8 heteroatoms. The molecule has 0 spiro atoms. The first kappa shape index (κ1) is 20.6. The SMILES string of the molecule is CC(=O)Nc1ccc(C2=C(O)C(=O)N(c3ccc(N4CCN(C)CC4)cc3)C2=O)cc1. The van der Waals surface area contributed by atoms with Gasteiger partial charge >= 0.3 is 5.91 Å². The van der Waals surface area contributed by atoms with E-state index < -0.39 is 17.6 Å². The van der Waals surface area contributed by atoms with Crippen LogP contribution < -0.4 is 15.1 Å². The molecule has 3 amide bonds. The lowest BCUT2D eigenvalue weighted by Gasteiger charge is -2.34. The third-order valence-corrected chi connectivity index (χ3v) is 5.53. The number of hydrogen-bond donors (Lipinski definition) is 2. The molecule has 4 rings (SSSR count). The van der Waals surface area contributed by atoms with Crippen molar-refractivity contribution in [3.63, 3.8) is 0 Å². The van der Waals surface area contributed by atoms with Gasteiger partial charge in [-0.25, -0.2) is 4.90 Å². The van der Waals surface area contributed by atoms with Crippen molar-refractivity contribution in [1.82, 2.24) is 4.90 Å². The molecule has 2 aromatic carbocycles. The molecule has 0 bridgehead atoms. The minimum absolute atomic E-state index is 0.0532. The number of anilines is 3. The van der Waals surface area contributed by atoms with Gasteiger partial charge < -0.3 is 20.2 Å². The first-order chi connectivity index (χ1) is 14.8. The van der Waals surface area contributed by atoms with Gasteiger partial charge in [-0.1, -0.05) is 12.1 Å². The Bertz CT molecular complexity index is 1050. The lowest BCUT2D eigenvalue weighted by Crippen LogP contribution is -2.44. The fourth-order valence-corrected chi connectivity index (χ4v) is 3.81. The maximum Gasteiger partial charge on any atom is 0.301 e. The molecule has 1 fully saturated rings. The van der Waals surface area contributed by atoms with Crippen molar-refractivity contribution in [2.75, 3.05) is 48.3 Å². The number of aliphatic hydroxyl groups excluding tert-OH is 1. The zero-order chi connectivity index (χ0) is 22.1. The van der Waals surface area contributed by atoms with Crippen LogP contribution in [-0.2, 0) is 14.4 Å². The number of carbonyl (C=O) groups excluding carboxylic acids is 3. The van der Waals surface area contributed by atoms with Gasteiger partial charge in [-0.15, -0.1) is 0 Å². The van der Waals surface area contributed by atoms with Crippen molar-refractivity contribution in [1.29, 1.82) is 0 Å². The molecule has 2 aliphatic rings. The normalized spacial score (nSPS) is 17.5. The topological polar surface area (TPSA) is 93.2 Å². The Kier molecular flexibility index (Phi) is 5.48. The lowest BCUT2D eigenvalue weighted by atomic mass is 10.1. The Labute approximate surface area is 180 Å². The van der Waals surface area contributed by atoms with Crippen molar-refractivity contribution in [3.05, 3.63) is 59.9 Å². The summed E-state index contributed by atoms with van der Waals surface area (Å²) in [6.45, 7) is 5.19. The van der Waals surface area contributed by atoms with Crippen molar-refractivity contribution in [2.24, 2.45) is 0 Å². The molecule has 0 aliphatic carbocycles. The highest BCUT2D eigenvalue weighted by Crippen LogP contribution is 2.33. The zero-order valence-corrected chi connectivity index (χ0v) is 17.5. The van der Waals surface area contributed by atoms with Crippen LogP contribution in [0.4, 0.5) is 17.1 Å². The van der Waals surface area contributed by atoms with Gasteiger partial charge in [-0.3, -0.25) is 14.4 Å². The van der Waals surface area contributed by atoms with Gasteiger partial charge in [0.25, 0.3) is 5.91 Å². The van der Waals surface area contributed by atoms with Crippen LogP contribution in [0.1, 0.15) is 12.5 Å². The minimum atomic E-state index is -0.752. The van der Waals surface area contributed by atoms with E-state index in [1.54, 1.807) is 36.4 Å². The molecule has 160 valence electrons. The molecule has 31 heavy (non-hydrogen) atoms. The van der Waals surface area contributed by atoms with Crippen molar-refractivity contribution < 1.29 is 19.5 Å². The molecule has 0 unspecified atom stereocenters. The first-order valence-corrected chi connectivity index (χ1v) is 10.1. The number of hydrogen-bond acceptors (Lipinski definition) is 6. The second-order valence-electron chi connectivity index (χ2n) is 7.73. The highest BCUT2D eigenvalue weighted by Gasteiger charge is 2.40. The van der Waals surface area contributed by atoms with Gasteiger partial charge in [-0.2, -0.15) is 0 Å².